The second kappa shape index (κ2) is 3.85. The summed E-state index contributed by atoms with van der Waals surface area (Å²) in [6.07, 6.45) is 1.80. The van der Waals surface area contributed by atoms with Crippen molar-refractivity contribution < 1.29 is 4.39 Å². The summed E-state index contributed by atoms with van der Waals surface area (Å²) in [5, 5.41) is 0. The number of hydrogen-bond acceptors (Lipinski definition) is 1. The van der Waals surface area contributed by atoms with Crippen molar-refractivity contribution in [3.63, 3.8) is 0 Å². The van der Waals surface area contributed by atoms with E-state index in [-0.39, 0.29) is 5.82 Å². The van der Waals surface area contributed by atoms with Crippen LogP contribution in [0.4, 0.5) is 4.39 Å². The van der Waals surface area contributed by atoms with Crippen LogP contribution in [0.15, 0.2) is 30.5 Å². The molecule has 1 aromatic carbocycles. The maximum Gasteiger partial charge on any atom is 0.128 e. The molecular weight excluding hydrogens is 191 g/mol. The zero-order valence-electron chi connectivity index (χ0n) is 8.87. The molecule has 78 valence electrons. The first-order valence-electron chi connectivity index (χ1n) is 4.90. The lowest BCUT2D eigenvalue weighted by Crippen LogP contribution is -2.05. The van der Waals surface area contributed by atoms with Gasteiger partial charge < -0.3 is 4.57 Å². The molecule has 0 aliphatic rings. The van der Waals surface area contributed by atoms with E-state index in [9.17, 15) is 4.39 Å². The average Bonchev–Trinajstić information content (AvgIpc) is 2.53. The van der Waals surface area contributed by atoms with Gasteiger partial charge in [-0.3, -0.25) is 0 Å². The zero-order chi connectivity index (χ0) is 10.8. The van der Waals surface area contributed by atoms with Gasteiger partial charge in [0.25, 0.3) is 0 Å². The molecule has 0 unspecified atom stereocenters. The second-order valence-electron chi connectivity index (χ2n) is 3.62. The number of halogens is 1. The van der Waals surface area contributed by atoms with E-state index in [0.717, 1.165) is 11.5 Å². The van der Waals surface area contributed by atoms with Crippen molar-refractivity contribution in [2.45, 2.75) is 20.4 Å². The summed E-state index contributed by atoms with van der Waals surface area (Å²) in [5.41, 5.74) is 1.75. The maximum atomic E-state index is 13.4. The number of aryl methyl sites for hydroxylation is 2. The Balaban J connectivity index is 2.34. The molecule has 1 heterocycles. The number of aromatic nitrogens is 2. The summed E-state index contributed by atoms with van der Waals surface area (Å²) < 4.78 is 15.4. The number of hydrogen-bond donors (Lipinski definition) is 0. The molecule has 15 heavy (non-hydrogen) atoms. The molecule has 0 saturated carbocycles. The van der Waals surface area contributed by atoms with Crippen LogP contribution in [-0.2, 0) is 6.54 Å². The minimum absolute atomic E-state index is 0.162. The number of benzene rings is 1. The van der Waals surface area contributed by atoms with Crippen LogP contribution >= 0.6 is 0 Å². The molecule has 3 heteroatoms. The van der Waals surface area contributed by atoms with Crippen LogP contribution in [0.3, 0.4) is 0 Å². The fraction of sp³-hybridized carbons (Fsp3) is 0.250. The smallest absolute Gasteiger partial charge is 0.128 e. The molecule has 1 aromatic heterocycles. The fourth-order valence-corrected chi connectivity index (χ4v) is 1.62. The molecule has 0 fully saturated rings. The van der Waals surface area contributed by atoms with Crippen molar-refractivity contribution in [1.29, 1.82) is 0 Å². The third-order valence-corrected chi connectivity index (χ3v) is 2.54. The highest BCUT2D eigenvalue weighted by Gasteiger charge is 2.06. The summed E-state index contributed by atoms with van der Waals surface area (Å²) in [4.78, 5) is 4.18. The van der Waals surface area contributed by atoms with Crippen molar-refractivity contribution in [3.05, 3.63) is 53.4 Å². The van der Waals surface area contributed by atoms with Gasteiger partial charge in [-0.2, -0.15) is 0 Å². The monoisotopic (exact) mass is 204 g/mol. The highest BCUT2D eigenvalue weighted by molar-refractivity contribution is 5.19. The average molecular weight is 204 g/mol. The summed E-state index contributed by atoms with van der Waals surface area (Å²) in [7, 11) is 0. The van der Waals surface area contributed by atoms with E-state index in [1.54, 1.807) is 18.3 Å². The van der Waals surface area contributed by atoms with Crippen molar-refractivity contribution in [3.8, 4) is 0 Å². The Morgan fingerprint density at radius 1 is 1.27 bits per heavy atom. The Bertz CT molecular complexity index is 455. The molecule has 2 rings (SSSR count). The molecule has 0 spiro atoms. The highest BCUT2D eigenvalue weighted by Crippen LogP contribution is 2.11. The van der Waals surface area contributed by atoms with Gasteiger partial charge in [-0.15, -0.1) is 0 Å². The SMILES string of the molecule is Cc1cnc(C)n1Cc1ccccc1F. The van der Waals surface area contributed by atoms with Crippen LogP contribution in [-0.4, -0.2) is 9.55 Å². The Labute approximate surface area is 88.4 Å². The van der Waals surface area contributed by atoms with Crippen molar-refractivity contribution in [2.75, 3.05) is 0 Å². The lowest BCUT2D eigenvalue weighted by atomic mass is 10.2. The molecule has 0 atom stereocenters. The fourth-order valence-electron chi connectivity index (χ4n) is 1.62. The molecule has 0 bridgehead atoms. The van der Waals surface area contributed by atoms with Gasteiger partial charge in [0, 0.05) is 17.5 Å². The van der Waals surface area contributed by atoms with Crippen LogP contribution in [0.2, 0.25) is 0 Å². The van der Waals surface area contributed by atoms with E-state index >= 15 is 0 Å². The van der Waals surface area contributed by atoms with E-state index < -0.39 is 0 Å². The number of nitrogens with zero attached hydrogens (tertiary/aromatic N) is 2. The lowest BCUT2D eigenvalue weighted by Gasteiger charge is -2.08. The normalized spacial score (nSPS) is 10.6. The lowest BCUT2D eigenvalue weighted by molar-refractivity contribution is 0.594. The predicted molar refractivity (Wildman–Crippen MR) is 57.2 cm³/mol. The third kappa shape index (κ3) is 1.91. The standard InChI is InChI=1S/C12H13FN2/c1-9-7-14-10(2)15(9)8-11-5-3-4-6-12(11)13/h3-7H,8H2,1-2H3. The largest absolute Gasteiger partial charge is 0.328 e. The second-order valence-corrected chi connectivity index (χ2v) is 3.62. The van der Waals surface area contributed by atoms with Gasteiger partial charge in [0.2, 0.25) is 0 Å². The molecule has 0 aliphatic heterocycles. The molecule has 2 aromatic rings. The Hall–Kier alpha value is -1.64. The first-order chi connectivity index (χ1) is 7.18. The number of rotatable bonds is 2. The molecule has 0 N–H and O–H groups in total. The van der Waals surface area contributed by atoms with Crippen molar-refractivity contribution >= 4 is 0 Å². The molecular formula is C12H13FN2. The molecule has 2 nitrogen and oxygen atoms in total. The summed E-state index contributed by atoms with van der Waals surface area (Å²) >= 11 is 0. The topological polar surface area (TPSA) is 17.8 Å². The van der Waals surface area contributed by atoms with Crippen molar-refractivity contribution in [1.82, 2.24) is 9.55 Å². The van der Waals surface area contributed by atoms with Gasteiger partial charge in [-0.1, -0.05) is 18.2 Å². The minimum atomic E-state index is -0.162. The van der Waals surface area contributed by atoms with Gasteiger partial charge in [-0.25, -0.2) is 9.37 Å². The minimum Gasteiger partial charge on any atom is -0.328 e. The van der Waals surface area contributed by atoms with Crippen LogP contribution in [0.1, 0.15) is 17.1 Å². The maximum absolute atomic E-state index is 13.4. The highest BCUT2D eigenvalue weighted by atomic mass is 19.1. The Morgan fingerprint density at radius 3 is 2.60 bits per heavy atom. The summed E-state index contributed by atoms with van der Waals surface area (Å²) in [6.45, 7) is 4.44. The van der Waals surface area contributed by atoms with Gasteiger partial charge in [-0.05, 0) is 19.9 Å². The molecule has 0 amide bonds. The Morgan fingerprint density at radius 2 is 2.00 bits per heavy atom. The van der Waals surface area contributed by atoms with Crippen LogP contribution in [0.5, 0.6) is 0 Å². The summed E-state index contributed by atoms with van der Waals surface area (Å²) in [6, 6.07) is 6.83. The van der Waals surface area contributed by atoms with E-state index in [0.29, 0.717) is 12.1 Å². The van der Waals surface area contributed by atoms with E-state index in [1.165, 1.54) is 6.07 Å². The molecule has 0 saturated heterocycles. The quantitative estimate of drug-likeness (QED) is 0.735. The predicted octanol–water partition coefficient (Wildman–Crippen LogP) is 2.69. The first-order valence-corrected chi connectivity index (χ1v) is 4.90. The van der Waals surface area contributed by atoms with E-state index in [2.05, 4.69) is 4.98 Å². The number of imidazole rings is 1. The Kier molecular flexibility index (Phi) is 2.54. The van der Waals surface area contributed by atoms with Crippen LogP contribution in [0, 0.1) is 19.7 Å². The van der Waals surface area contributed by atoms with E-state index in [1.807, 2.05) is 24.5 Å². The van der Waals surface area contributed by atoms with Gasteiger partial charge in [0.15, 0.2) is 0 Å². The van der Waals surface area contributed by atoms with Gasteiger partial charge in [0.05, 0.1) is 6.54 Å². The molecule has 0 aliphatic carbocycles. The van der Waals surface area contributed by atoms with E-state index in [4.69, 9.17) is 0 Å². The van der Waals surface area contributed by atoms with Gasteiger partial charge >= 0.3 is 0 Å². The zero-order valence-corrected chi connectivity index (χ0v) is 8.87. The molecule has 0 radical (unpaired) electrons. The van der Waals surface area contributed by atoms with Crippen LogP contribution in [0.25, 0.3) is 0 Å². The van der Waals surface area contributed by atoms with Gasteiger partial charge in [0.1, 0.15) is 11.6 Å². The summed E-state index contributed by atoms with van der Waals surface area (Å²) in [5.74, 6) is 0.751. The van der Waals surface area contributed by atoms with Crippen LogP contribution < -0.4 is 0 Å². The van der Waals surface area contributed by atoms with Crippen molar-refractivity contribution in [2.24, 2.45) is 0 Å². The first kappa shape index (κ1) is 9.90. The third-order valence-electron chi connectivity index (χ3n) is 2.54.